The Morgan fingerprint density at radius 2 is 2.12 bits per heavy atom. The molecule has 0 atom stereocenters. The zero-order chi connectivity index (χ0) is 12.3. The molecule has 1 aliphatic rings. The maximum Gasteiger partial charge on any atom is 0.0666 e. The minimum absolute atomic E-state index is 0.536. The van der Waals surface area contributed by atoms with Crippen LogP contribution in [0.15, 0.2) is 6.20 Å². The van der Waals surface area contributed by atoms with E-state index in [-0.39, 0.29) is 0 Å². The normalized spacial score (nSPS) is 18.8. The quantitative estimate of drug-likeness (QED) is 0.850. The maximum absolute atomic E-state index is 4.47. The Kier molecular flexibility index (Phi) is 3.87. The van der Waals surface area contributed by atoms with Crippen molar-refractivity contribution in [1.29, 1.82) is 0 Å². The Bertz CT molecular complexity index is 362. The van der Waals surface area contributed by atoms with Crippen molar-refractivity contribution >= 4 is 0 Å². The molecule has 0 amide bonds. The highest BCUT2D eigenvalue weighted by molar-refractivity contribution is 5.16. The molecule has 1 aromatic rings. The molecule has 0 aromatic carbocycles. The van der Waals surface area contributed by atoms with Gasteiger partial charge in [-0.2, -0.15) is 5.10 Å². The number of hydrogen-bond donors (Lipinski definition) is 1. The van der Waals surface area contributed by atoms with Crippen LogP contribution in [0.1, 0.15) is 50.8 Å². The minimum Gasteiger partial charge on any atom is -0.312 e. The van der Waals surface area contributed by atoms with E-state index in [1.165, 1.54) is 36.9 Å². The SMILES string of the molecule is CCc1nn(C)cc1CNCC1(C)CCCC1. The molecule has 0 spiro atoms. The molecular weight excluding hydrogens is 210 g/mol. The number of nitrogens with zero attached hydrogens (tertiary/aromatic N) is 2. The molecule has 0 saturated heterocycles. The van der Waals surface area contributed by atoms with Crippen molar-refractivity contribution in [3.8, 4) is 0 Å². The van der Waals surface area contributed by atoms with Crippen molar-refractivity contribution in [2.75, 3.05) is 6.54 Å². The maximum atomic E-state index is 4.47. The summed E-state index contributed by atoms with van der Waals surface area (Å²) in [5, 5.41) is 8.09. The van der Waals surface area contributed by atoms with Crippen LogP contribution in [0.4, 0.5) is 0 Å². The van der Waals surface area contributed by atoms with E-state index in [1.54, 1.807) is 0 Å². The van der Waals surface area contributed by atoms with Crippen LogP contribution in [0.25, 0.3) is 0 Å². The van der Waals surface area contributed by atoms with Gasteiger partial charge >= 0.3 is 0 Å². The Balaban J connectivity index is 1.85. The van der Waals surface area contributed by atoms with Crippen molar-refractivity contribution in [2.45, 2.75) is 52.5 Å². The van der Waals surface area contributed by atoms with E-state index in [1.807, 2.05) is 11.7 Å². The summed E-state index contributed by atoms with van der Waals surface area (Å²) in [7, 11) is 2.00. The summed E-state index contributed by atoms with van der Waals surface area (Å²) in [6.45, 7) is 6.69. The van der Waals surface area contributed by atoms with E-state index >= 15 is 0 Å². The second kappa shape index (κ2) is 5.21. The Hall–Kier alpha value is -0.830. The van der Waals surface area contributed by atoms with Gasteiger partial charge in [-0.25, -0.2) is 0 Å². The number of nitrogens with one attached hydrogen (secondary N) is 1. The first kappa shape index (κ1) is 12.6. The molecule has 0 aliphatic heterocycles. The van der Waals surface area contributed by atoms with Gasteiger partial charge in [0.2, 0.25) is 0 Å². The van der Waals surface area contributed by atoms with E-state index in [0.717, 1.165) is 19.5 Å². The van der Waals surface area contributed by atoms with Crippen molar-refractivity contribution < 1.29 is 0 Å². The molecule has 1 aromatic heterocycles. The summed E-state index contributed by atoms with van der Waals surface area (Å²) in [6, 6.07) is 0. The molecule has 0 unspecified atom stereocenters. The summed E-state index contributed by atoms with van der Waals surface area (Å²) in [5.41, 5.74) is 3.13. The fourth-order valence-electron chi connectivity index (χ4n) is 2.93. The molecule has 1 N–H and O–H groups in total. The molecular formula is C14H25N3. The monoisotopic (exact) mass is 235 g/mol. The third-order valence-corrected chi connectivity index (χ3v) is 4.00. The van der Waals surface area contributed by atoms with Crippen LogP contribution in [0.5, 0.6) is 0 Å². The first-order valence-electron chi connectivity index (χ1n) is 6.85. The average molecular weight is 235 g/mol. The molecule has 1 fully saturated rings. The smallest absolute Gasteiger partial charge is 0.0666 e. The van der Waals surface area contributed by atoms with Crippen LogP contribution in [0.3, 0.4) is 0 Å². The molecule has 0 radical (unpaired) electrons. The van der Waals surface area contributed by atoms with E-state index in [0.29, 0.717) is 5.41 Å². The highest BCUT2D eigenvalue weighted by Gasteiger charge is 2.27. The lowest BCUT2D eigenvalue weighted by Crippen LogP contribution is -2.29. The van der Waals surface area contributed by atoms with Gasteiger partial charge in [0.05, 0.1) is 5.69 Å². The first-order valence-corrected chi connectivity index (χ1v) is 6.85. The summed E-state index contributed by atoms with van der Waals surface area (Å²) in [5.74, 6) is 0. The highest BCUT2D eigenvalue weighted by atomic mass is 15.3. The van der Waals surface area contributed by atoms with Gasteiger partial charge in [-0.05, 0) is 24.7 Å². The minimum atomic E-state index is 0.536. The Morgan fingerprint density at radius 1 is 1.41 bits per heavy atom. The average Bonchev–Trinajstić information content (AvgIpc) is 2.86. The molecule has 1 heterocycles. The summed E-state index contributed by atoms with van der Waals surface area (Å²) >= 11 is 0. The summed E-state index contributed by atoms with van der Waals surface area (Å²) in [6.07, 6.45) is 8.75. The summed E-state index contributed by atoms with van der Waals surface area (Å²) < 4.78 is 1.92. The molecule has 3 nitrogen and oxygen atoms in total. The molecule has 3 heteroatoms. The van der Waals surface area contributed by atoms with Crippen LogP contribution in [0, 0.1) is 5.41 Å². The van der Waals surface area contributed by atoms with Gasteiger partial charge in [0.15, 0.2) is 0 Å². The third kappa shape index (κ3) is 3.09. The predicted octanol–water partition coefficient (Wildman–Crippen LogP) is 2.65. The van der Waals surface area contributed by atoms with Gasteiger partial charge in [-0.15, -0.1) is 0 Å². The number of rotatable bonds is 5. The Morgan fingerprint density at radius 3 is 2.76 bits per heavy atom. The standard InChI is InChI=1S/C14H25N3/c1-4-13-12(10-17(3)16-13)9-15-11-14(2)7-5-6-8-14/h10,15H,4-9,11H2,1-3H3. The Labute approximate surface area is 105 Å². The van der Waals surface area contributed by atoms with Gasteiger partial charge in [0.25, 0.3) is 0 Å². The highest BCUT2D eigenvalue weighted by Crippen LogP contribution is 2.36. The van der Waals surface area contributed by atoms with Crippen LogP contribution in [-0.2, 0) is 20.0 Å². The topological polar surface area (TPSA) is 29.9 Å². The van der Waals surface area contributed by atoms with E-state index in [4.69, 9.17) is 0 Å². The lowest BCUT2D eigenvalue weighted by atomic mass is 9.89. The molecule has 17 heavy (non-hydrogen) atoms. The van der Waals surface area contributed by atoms with Crippen LogP contribution >= 0.6 is 0 Å². The van der Waals surface area contributed by atoms with Crippen LogP contribution in [0.2, 0.25) is 0 Å². The zero-order valence-corrected chi connectivity index (χ0v) is 11.4. The number of aromatic nitrogens is 2. The van der Waals surface area contributed by atoms with Gasteiger partial charge in [0, 0.05) is 31.9 Å². The molecule has 1 saturated carbocycles. The van der Waals surface area contributed by atoms with Crippen LogP contribution in [-0.4, -0.2) is 16.3 Å². The second-order valence-corrected chi connectivity index (χ2v) is 5.75. The van der Waals surface area contributed by atoms with Crippen molar-refractivity contribution in [3.63, 3.8) is 0 Å². The lowest BCUT2D eigenvalue weighted by Gasteiger charge is -2.23. The van der Waals surface area contributed by atoms with Gasteiger partial charge in [-0.3, -0.25) is 4.68 Å². The second-order valence-electron chi connectivity index (χ2n) is 5.75. The van der Waals surface area contributed by atoms with Gasteiger partial charge < -0.3 is 5.32 Å². The summed E-state index contributed by atoms with van der Waals surface area (Å²) in [4.78, 5) is 0. The largest absolute Gasteiger partial charge is 0.312 e. The lowest BCUT2D eigenvalue weighted by molar-refractivity contribution is 0.314. The first-order chi connectivity index (χ1) is 8.13. The van der Waals surface area contributed by atoms with Gasteiger partial charge in [0.1, 0.15) is 0 Å². The third-order valence-electron chi connectivity index (χ3n) is 4.00. The van der Waals surface area contributed by atoms with E-state index in [9.17, 15) is 0 Å². The zero-order valence-electron chi connectivity index (χ0n) is 11.4. The van der Waals surface area contributed by atoms with Gasteiger partial charge in [-0.1, -0.05) is 26.7 Å². The van der Waals surface area contributed by atoms with Crippen molar-refractivity contribution in [2.24, 2.45) is 12.5 Å². The van der Waals surface area contributed by atoms with Crippen molar-refractivity contribution in [3.05, 3.63) is 17.5 Å². The fourth-order valence-corrected chi connectivity index (χ4v) is 2.93. The molecule has 2 rings (SSSR count). The van der Waals surface area contributed by atoms with Crippen molar-refractivity contribution in [1.82, 2.24) is 15.1 Å². The fraction of sp³-hybridized carbons (Fsp3) is 0.786. The molecule has 96 valence electrons. The number of hydrogen-bond acceptors (Lipinski definition) is 2. The molecule has 0 bridgehead atoms. The van der Waals surface area contributed by atoms with Crippen LogP contribution < -0.4 is 5.32 Å². The van der Waals surface area contributed by atoms with E-state index in [2.05, 4.69) is 30.5 Å². The predicted molar refractivity (Wildman–Crippen MR) is 70.9 cm³/mol. The van der Waals surface area contributed by atoms with E-state index < -0.39 is 0 Å². The molecule has 1 aliphatic carbocycles. The number of aryl methyl sites for hydroxylation is 2.